The van der Waals surface area contributed by atoms with Gasteiger partial charge < -0.3 is 10.4 Å². The van der Waals surface area contributed by atoms with Crippen molar-refractivity contribution >= 4 is 22.7 Å². The Morgan fingerprint density at radius 1 is 1.40 bits per heavy atom. The number of nitrogens with zero attached hydrogens (tertiary/aromatic N) is 1. The van der Waals surface area contributed by atoms with Crippen molar-refractivity contribution in [2.75, 3.05) is 6.54 Å². The average molecular weight is 308 g/mol. The summed E-state index contributed by atoms with van der Waals surface area (Å²) in [6.45, 7) is 1.49. The summed E-state index contributed by atoms with van der Waals surface area (Å²) < 4.78 is 0. The number of nitrogens with one attached hydrogen (secondary N) is 1. The third kappa shape index (κ3) is 3.47. The van der Waals surface area contributed by atoms with Crippen LogP contribution in [0.1, 0.15) is 30.6 Å². The molecular weight excluding hydrogens is 288 g/mol. The van der Waals surface area contributed by atoms with E-state index in [0.29, 0.717) is 12.5 Å². The van der Waals surface area contributed by atoms with E-state index in [0.717, 1.165) is 11.6 Å². The highest BCUT2D eigenvalue weighted by Gasteiger charge is 2.22. The average Bonchev–Trinajstić information content (AvgIpc) is 3.20. The molecule has 0 radical (unpaired) electrons. The fraction of sp³-hybridized carbons (Fsp3) is 0.533. The Bertz CT molecular complexity index is 518. The fourth-order valence-corrected chi connectivity index (χ4v) is 4.35. The largest absolute Gasteiger partial charge is 0.392 e. The van der Waals surface area contributed by atoms with Crippen molar-refractivity contribution in [3.05, 3.63) is 27.9 Å². The van der Waals surface area contributed by atoms with E-state index in [-0.39, 0.29) is 6.10 Å². The van der Waals surface area contributed by atoms with Crippen LogP contribution in [-0.2, 0) is 6.54 Å². The number of rotatable bonds is 6. The molecule has 1 unspecified atom stereocenters. The van der Waals surface area contributed by atoms with E-state index in [4.69, 9.17) is 0 Å². The molecule has 1 saturated carbocycles. The molecule has 0 amide bonds. The first-order chi connectivity index (χ1) is 9.83. The molecule has 2 aromatic rings. The standard InChI is InChI=1S/C15H20N2OS2/c18-14(11-3-1-2-4-11)9-16-7-13-8-17-15(20-13)12-5-6-19-10-12/h5-6,8,10-11,14,16,18H,1-4,7,9H2. The van der Waals surface area contributed by atoms with E-state index in [9.17, 15) is 5.11 Å². The van der Waals surface area contributed by atoms with Crippen LogP contribution >= 0.6 is 22.7 Å². The molecule has 20 heavy (non-hydrogen) atoms. The van der Waals surface area contributed by atoms with Crippen molar-refractivity contribution in [2.24, 2.45) is 5.92 Å². The van der Waals surface area contributed by atoms with Gasteiger partial charge in [-0.2, -0.15) is 11.3 Å². The Morgan fingerprint density at radius 3 is 3.00 bits per heavy atom. The number of thiophene rings is 1. The van der Waals surface area contributed by atoms with Gasteiger partial charge in [0.25, 0.3) is 0 Å². The van der Waals surface area contributed by atoms with Gasteiger partial charge in [0.05, 0.1) is 6.10 Å². The maximum atomic E-state index is 10.1. The van der Waals surface area contributed by atoms with Gasteiger partial charge in [0.15, 0.2) is 0 Å². The van der Waals surface area contributed by atoms with Crippen LogP contribution in [-0.4, -0.2) is 22.7 Å². The summed E-state index contributed by atoms with van der Waals surface area (Å²) in [5.74, 6) is 0.505. The van der Waals surface area contributed by atoms with Crippen LogP contribution in [0.2, 0.25) is 0 Å². The minimum absolute atomic E-state index is 0.193. The fourth-order valence-electron chi connectivity index (χ4n) is 2.76. The van der Waals surface area contributed by atoms with E-state index >= 15 is 0 Å². The Morgan fingerprint density at radius 2 is 2.25 bits per heavy atom. The molecule has 0 aliphatic heterocycles. The normalized spacial score (nSPS) is 17.6. The van der Waals surface area contributed by atoms with Crippen LogP contribution in [0.5, 0.6) is 0 Å². The molecule has 108 valence electrons. The molecule has 1 fully saturated rings. The third-order valence-electron chi connectivity index (χ3n) is 3.92. The van der Waals surface area contributed by atoms with Gasteiger partial charge >= 0.3 is 0 Å². The summed E-state index contributed by atoms with van der Waals surface area (Å²) in [5.41, 5.74) is 1.21. The van der Waals surface area contributed by atoms with Gasteiger partial charge in [-0.15, -0.1) is 11.3 Å². The number of aliphatic hydroxyl groups is 1. The molecule has 2 aromatic heterocycles. The van der Waals surface area contributed by atoms with Gasteiger partial charge in [0.2, 0.25) is 0 Å². The summed E-state index contributed by atoms with van der Waals surface area (Å²) in [6, 6.07) is 2.10. The Balaban J connectivity index is 1.46. The number of hydrogen-bond donors (Lipinski definition) is 2. The van der Waals surface area contributed by atoms with Gasteiger partial charge in [-0.05, 0) is 30.2 Å². The first-order valence-electron chi connectivity index (χ1n) is 7.19. The van der Waals surface area contributed by atoms with Gasteiger partial charge in [0, 0.05) is 35.1 Å². The highest BCUT2D eigenvalue weighted by atomic mass is 32.1. The van der Waals surface area contributed by atoms with Gasteiger partial charge in [-0.1, -0.05) is 12.8 Å². The molecule has 5 heteroatoms. The molecule has 2 heterocycles. The monoisotopic (exact) mass is 308 g/mol. The molecule has 1 atom stereocenters. The van der Waals surface area contributed by atoms with Crippen LogP contribution in [0.25, 0.3) is 10.6 Å². The van der Waals surface area contributed by atoms with Crippen LogP contribution in [0, 0.1) is 5.92 Å². The molecule has 0 aromatic carbocycles. The lowest BCUT2D eigenvalue weighted by molar-refractivity contribution is 0.109. The zero-order valence-electron chi connectivity index (χ0n) is 11.4. The van der Waals surface area contributed by atoms with E-state index < -0.39 is 0 Å². The maximum absolute atomic E-state index is 10.1. The van der Waals surface area contributed by atoms with Crippen molar-refractivity contribution in [1.82, 2.24) is 10.3 Å². The van der Waals surface area contributed by atoms with Gasteiger partial charge in [0.1, 0.15) is 5.01 Å². The molecule has 0 spiro atoms. The number of thiazole rings is 1. The van der Waals surface area contributed by atoms with Crippen LogP contribution in [0.4, 0.5) is 0 Å². The lowest BCUT2D eigenvalue weighted by Crippen LogP contribution is -2.31. The van der Waals surface area contributed by atoms with Crippen LogP contribution < -0.4 is 5.32 Å². The first-order valence-corrected chi connectivity index (χ1v) is 8.95. The second kappa shape index (κ2) is 6.80. The highest BCUT2D eigenvalue weighted by molar-refractivity contribution is 7.15. The van der Waals surface area contributed by atoms with Crippen molar-refractivity contribution in [3.63, 3.8) is 0 Å². The van der Waals surface area contributed by atoms with E-state index in [1.165, 1.54) is 36.1 Å². The molecule has 3 nitrogen and oxygen atoms in total. The highest BCUT2D eigenvalue weighted by Crippen LogP contribution is 2.28. The lowest BCUT2D eigenvalue weighted by Gasteiger charge is -2.17. The van der Waals surface area contributed by atoms with Crippen LogP contribution in [0.15, 0.2) is 23.0 Å². The Hall–Kier alpha value is -0.750. The predicted molar refractivity (Wildman–Crippen MR) is 85.1 cm³/mol. The second-order valence-corrected chi connectivity index (χ2v) is 7.28. The molecule has 2 N–H and O–H groups in total. The van der Waals surface area contributed by atoms with Crippen LogP contribution in [0.3, 0.4) is 0 Å². The van der Waals surface area contributed by atoms with Crippen molar-refractivity contribution in [2.45, 2.75) is 38.3 Å². The van der Waals surface area contributed by atoms with E-state index in [1.807, 2.05) is 6.20 Å². The van der Waals surface area contributed by atoms with Gasteiger partial charge in [-0.25, -0.2) is 4.98 Å². The molecule has 0 bridgehead atoms. The van der Waals surface area contributed by atoms with E-state index in [1.54, 1.807) is 22.7 Å². The quantitative estimate of drug-likeness (QED) is 0.858. The molecule has 0 saturated heterocycles. The topological polar surface area (TPSA) is 45.1 Å². The maximum Gasteiger partial charge on any atom is 0.124 e. The minimum atomic E-state index is -0.193. The summed E-state index contributed by atoms with van der Waals surface area (Å²) in [6.07, 6.45) is 6.67. The molecule has 1 aliphatic rings. The molecule has 3 rings (SSSR count). The van der Waals surface area contributed by atoms with Crippen molar-refractivity contribution in [1.29, 1.82) is 0 Å². The summed E-state index contributed by atoms with van der Waals surface area (Å²) in [4.78, 5) is 5.68. The smallest absolute Gasteiger partial charge is 0.124 e. The third-order valence-corrected chi connectivity index (χ3v) is 5.65. The Labute approximate surface area is 127 Å². The summed E-state index contributed by atoms with van der Waals surface area (Å²) in [5, 5.41) is 18.8. The summed E-state index contributed by atoms with van der Waals surface area (Å²) >= 11 is 3.42. The zero-order valence-corrected chi connectivity index (χ0v) is 13.1. The Kier molecular flexibility index (Phi) is 4.83. The number of hydrogen-bond acceptors (Lipinski definition) is 5. The second-order valence-electron chi connectivity index (χ2n) is 5.39. The number of aromatic nitrogens is 1. The van der Waals surface area contributed by atoms with Crippen molar-refractivity contribution < 1.29 is 5.11 Å². The predicted octanol–water partition coefficient (Wildman–Crippen LogP) is 3.51. The zero-order chi connectivity index (χ0) is 13.8. The number of aliphatic hydroxyl groups excluding tert-OH is 1. The SMILES string of the molecule is OC(CNCc1cnc(-c2ccsc2)s1)C1CCCC1. The summed E-state index contributed by atoms with van der Waals surface area (Å²) in [7, 11) is 0. The molecule has 1 aliphatic carbocycles. The first kappa shape index (κ1) is 14.2. The minimum Gasteiger partial charge on any atom is -0.392 e. The van der Waals surface area contributed by atoms with E-state index in [2.05, 4.69) is 27.1 Å². The lowest BCUT2D eigenvalue weighted by atomic mass is 10.0. The molecular formula is C15H20N2OS2. The van der Waals surface area contributed by atoms with Crippen molar-refractivity contribution in [3.8, 4) is 10.6 Å². The van der Waals surface area contributed by atoms with Gasteiger partial charge in [-0.3, -0.25) is 0 Å².